The van der Waals surface area contributed by atoms with Gasteiger partial charge in [0.1, 0.15) is 12.2 Å². The van der Waals surface area contributed by atoms with Crippen LogP contribution in [0.4, 0.5) is 0 Å². The number of rotatable bonds is 0. The van der Waals surface area contributed by atoms with Crippen molar-refractivity contribution >= 4 is 38.3 Å². The first-order valence-corrected chi connectivity index (χ1v) is 7.06. The SMILES string of the molecule is O[C@@H]1c2c(sc3ccc4ccccc4c23)C=C[C@@H]1O. The second kappa shape index (κ2) is 3.90. The van der Waals surface area contributed by atoms with E-state index in [-0.39, 0.29) is 0 Å². The third-order valence-electron chi connectivity index (χ3n) is 3.71. The Hall–Kier alpha value is -1.68. The number of hydrogen-bond acceptors (Lipinski definition) is 3. The van der Waals surface area contributed by atoms with Crippen LogP contribution in [0.3, 0.4) is 0 Å². The molecule has 0 amide bonds. The first-order chi connectivity index (χ1) is 9.25. The maximum absolute atomic E-state index is 10.3. The fourth-order valence-corrected chi connectivity index (χ4v) is 3.96. The molecule has 1 heterocycles. The van der Waals surface area contributed by atoms with Gasteiger partial charge in [-0.25, -0.2) is 0 Å². The van der Waals surface area contributed by atoms with Crippen molar-refractivity contribution in [3.05, 3.63) is 52.9 Å². The summed E-state index contributed by atoms with van der Waals surface area (Å²) in [5.74, 6) is 0. The lowest BCUT2D eigenvalue weighted by atomic mass is 9.93. The Labute approximate surface area is 114 Å². The highest BCUT2D eigenvalue weighted by atomic mass is 32.1. The highest BCUT2D eigenvalue weighted by Crippen LogP contribution is 2.43. The maximum Gasteiger partial charge on any atom is 0.110 e. The zero-order valence-electron chi connectivity index (χ0n) is 10.1. The number of aliphatic hydroxyl groups excluding tert-OH is 2. The minimum absolute atomic E-state index is 0.815. The van der Waals surface area contributed by atoms with E-state index in [1.807, 2.05) is 18.2 Å². The quantitative estimate of drug-likeness (QED) is 0.655. The normalized spacial score (nSPS) is 22.0. The van der Waals surface area contributed by atoms with E-state index >= 15 is 0 Å². The molecule has 1 aromatic heterocycles. The Morgan fingerprint density at radius 3 is 2.74 bits per heavy atom. The van der Waals surface area contributed by atoms with Crippen LogP contribution >= 0.6 is 11.3 Å². The Morgan fingerprint density at radius 2 is 1.84 bits per heavy atom. The molecular weight excluding hydrogens is 256 g/mol. The van der Waals surface area contributed by atoms with Crippen molar-refractivity contribution < 1.29 is 10.2 Å². The lowest BCUT2D eigenvalue weighted by molar-refractivity contribution is 0.0484. The molecule has 0 radical (unpaired) electrons. The molecule has 0 unspecified atom stereocenters. The lowest BCUT2D eigenvalue weighted by Gasteiger charge is -2.19. The Kier molecular flexibility index (Phi) is 2.30. The van der Waals surface area contributed by atoms with Gasteiger partial charge in [0.25, 0.3) is 0 Å². The van der Waals surface area contributed by atoms with Gasteiger partial charge in [-0.2, -0.15) is 0 Å². The predicted octanol–water partition coefficient (Wildman–Crippen LogP) is 3.48. The fraction of sp³-hybridized carbons (Fsp3) is 0.125. The molecule has 2 N–H and O–H groups in total. The molecule has 0 aliphatic heterocycles. The second-order valence-corrected chi connectivity index (χ2v) is 5.92. The van der Waals surface area contributed by atoms with Gasteiger partial charge >= 0.3 is 0 Å². The molecule has 94 valence electrons. The molecule has 19 heavy (non-hydrogen) atoms. The summed E-state index contributed by atoms with van der Waals surface area (Å²) in [4.78, 5) is 1.05. The monoisotopic (exact) mass is 268 g/mol. The van der Waals surface area contributed by atoms with E-state index in [0.717, 1.165) is 31.3 Å². The molecule has 1 aliphatic rings. The maximum atomic E-state index is 10.3. The van der Waals surface area contributed by atoms with E-state index in [1.165, 1.54) is 0 Å². The van der Waals surface area contributed by atoms with E-state index in [1.54, 1.807) is 17.4 Å². The number of thiophene rings is 1. The average molecular weight is 268 g/mol. The van der Waals surface area contributed by atoms with E-state index in [2.05, 4.69) is 24.3 Å². The summed E-state index contributed by atoms with van der Waals surface area (Å²) in [6.07, 6.45) is 1.92. The first-order valence-electron chi connectivity index (χ1n) is 6.24. The molecular formula is C16H12O2S. The van der Waals surface area contributed by atoms with Crippen molar-refractivity contribution in [1.29, 1.82) is 0 Å². The predicted molar refractivity (Wildman–Crippen MR) is 79.3 cm³/mol. The summed E-state index contributed by atoms with van der Waals surface area (Å²) in [5.41, 5.74) is 0.867. The summed E-state index contributed by atoms with van der Waals surface area (Å²) >= 11 is 1.66. The van der Waals surface area contributed by atoms with E-state index in [0.29, 0.717) is 0 Å². The number of fused-ring (bicyclic) bond motifs is 5. The molecule has 0 saturated carbocycles. The van der Waals surface area contributed by atoms with Gasteiger partial charge in [-0.3, -0.25) is 0 Å². The van der Waals surface area contributed by atoms with Crippen LogP contribution in [-0.4, -0.2) is 16.3 Å². The Morgan fingerprint density at radius 1 is 1.00 bits per heavy atom. The van der Waals surface area contributed by atoms with Crippen molar-refractivity contribution in [2.75, 3.05) is 0 Å². The number of aliphatic hydroxyl groups is 2. The molecule has 0 saturated heterocycles. The number of benzene rings is 2. The molecule has 3 heteroatoms. The van der Waals surface area contributed by atoms with Crippen LogP contribution in [0.5, 0.6) is 0 Å². The average Bonchev–Trinajstić information content (AvgIpc) is 2.82. The zero-order valence-corrected chi connectivity index (χ0v) is 10.9. The van der Waals surface area contributed by atoms with Crippen LogP contribution in [-0.2, 0) is 0 Å². The third-order valence-corrected chi connectivity index (χ3v) is 4.85. The van der Waals surface area contributed by atoms with Gasteiger partial charge in [-0.15, -0.1) is 11.3 Å². The largest absolute Gasteiger partial charge is 0.386 e. The standard InChI is InChI=1S/C16H12O2S/c17-11-6-8-13-15(16(11)18)14-10-4-2-1-3-9(10)5-7-12(14)19-13/h1-8,11,16-18H/t11-,16-/m0/s1. The second-order valence-electron chi connectivity index (χ2n) is 4.83. The molecule has 1 aliphatic carbocycles. The van der Waals surface area contributed by atoms with E-state index in [9.17, 15) is 10.2 Å². The van der Waals surface area contributed by atoms with Gasteiger partial charge in [-0.05, 0) is 22.9 Å². The third kappa shape index (κ3) is 1.49. The molecule has 2 aromatic carbocycles. The summed E-state index contributed by atoms with van der Waals surface area (Å²) in [7, 11) is 0. The van der Waals surface area contributed by atoms with Gasteiger partial charge in [0, 0.05) is 20.5 Å². The molecule has 2 atom stereocenters. The van der Waals surface area contributed by atoms with E-state index < -0.39 is 12.2 Å². The van der Waals surface area contributed by atoms with Crippen molar-refractivity contribution in [2.24, 2.45) is 0 Å². The summed E-state index contributed by atoms with van der Waals surface area (Å²) in [5, 5.41) is 23.5. The molecule has 2 nitrogen and oxygen atoms in total. The summed E-state index contributed by atoms with van der Waals surface area (Å²) < 4.78 is 1.15. The van der Waals surface area contributed by atoms with Crippen molar-refractivity contribution in [2.45, 2.75) is 12.2 Å². The fourth-order valence-electron chi connectivity index (χ4n) is 2.79. The minimum atomic E-state index is -0.834. The van der Waals surface area contributed by atoms with Crippen LogP contribution in [0.25, 0.3) is 26.9 Å². The van der Waals surface area contributed by atoms with Crippen LogP contribution in [0, 0.1) is 0 Å². The van der Waals surface area contributed by atoms with Gasteiger partial charge in [0.15, 0.2) is 0 Å². The molecule has 0 fully saturated rings. The smallest absolute Gasteiger partial charge is 0.110 e. The van der Waals surface area contributed by atoms with Crippen molar-refractivity contribution in [1.82, 2.24) is 0 Å². The van der Waals surface area contributed by atoms with Crippen molar-refractivity contribution in [3.63, 3.8) is 0 Å². The summed E-state index contributed by atoms with van der Waals surface area (Å²) in [6, 6.07) is 12.4. The molecule has 0 spiro atoms. The van der Waals surface area contributed by atoms with Gasteiger partial charge in [-0.1, -0.05) is 36.4 Å². The lowest BCUT2D eigenvalue weighted by Crippen LogP contribution is -2.18. The van der Waals surface area contributed by atoms with Crippen LogP contribution in [0.1, 0.15) is 16.5 Å². The minimum Gasteiger partial charge on any atom is -0.386 e. The van der Waals surface area contributed by atoms with Gasteiger partial charge in [0.2, 0.25) is 0 Å². The molecule has 3 aromatic rings. The first kappa shape index (κ1) is 11.2. The van der Waals surface area contributed by atoms with Crippen LogP contribution in [0.2, 0.25) is 0 Å². The van der Waals surface area contributed by atoms with Crippen molar-refractivity contribution in [3.8, 4) is 0 Å². The van der Waals surface area contributed by atoms with Gasteiger partial charge in [0.05, 0.1) is 0 Å². The molecule has 0 bridgehead atoms. The molecule has 4 rings (SSSR count). The topological polar surface area (TPSA) is 40.5 Å². The van der Waals surface area contributed by atoms with Gasteiger partial charge < -0.3 is 10.2 Å². The highest BCUT2D eigenvalue weighted by molar-refractivity contribution is 7.20. The van der Waals surface area contributed by atoms with Crippen LogP contribution in [0.15, 0.2) is 42.5 Å². The Balaban J connectivity index is 2.20. The summed E-state index contributed by atoms with van der Waals surface area (Å²) in [6.45, 7) is 0. The van der Waals surface area contributed by atoms with Crippen LogP contribution < -0.4 is 0 Å². The number of hydrogen-bond donors (Lipinski definition) is 2. The Bertz CT molecular complexity index is 816. The highest BCUT2D eigenvalue weighted by Gasteiger charge is 2.27. The zero-order chi connectivity index (χ0) is 13.0. The van der Waals surface area contributed by atoms with E-state index in [4.69, 9.17) is 0 Å².